The van der Waals surface area contributed by atoms with E-state index in [1.807, 2.05) is 40.6 Å². The minimum atomic E-state index is -0.237. The summed E-state index contributed by atoms with van der Waals surface area (Å²) in [7, 11) is 0. The summed E-state index contributed by atoms with van der Waals surface area (Å²) >= 11 is 1.63. The van der Waals surface area contributed by atoms with Crippen molar-refractivity contribution in [1.82, 2.24) is 14.8 Å². The van der Waals surface area contributed by atoms with Gasteiger partial charge < -0.3 is 4.90 Å². The number of carbonyl (C=O) groups excluding carboxylic acids is 1. The van der Waals surface area contributed by atoms with Crippen LogP contribution in [0.25, 0.3) is 11.3 Å². The SMILES string of the molecule is CCC(C(=O)N1CCN(Cc2nc(-c3ccc(F)cc3)cs2)CC1)c1ccccc1. The molecule has 2 heterocycles. The second kappa shape index (κ2) is 9.49. The molecule has 0 spiro atoms. The van der Waals surface area contributed by atoms with Crippen molar-refractivity contribution in [2.45, 2.75) is 25.8 Å². The van der Waals surface area contributed by atoms with Crippen LogP contribution in [0.5, 0.6) is 0 Å². The van der Waals surface area contributed by atoms with Gasteiger partial charge in [-0.3, -0.25) is 9.69 Å². The molecule has 0 bridgehead atoms. The molecule has 0 aliphatic carbocycles. The van der Waals surface area contributed by atoms with Crippen LogP contribution in [0.15, 0.2) is 60.0 Å². The molecule has 1 aliphatic rings. The number of nitrogens with zero attached hydrogens (tertiary/aromatic N) is 3. The van der Waals surface area contributed by atoms with Gasteiger partial charge >= 0.3 is 0 Å². The number of benzene rings is 2. The minimum absolute atomic E-state index is 0.0602. The first kappa shape index (κ1) is 20.7. The fourth-order valence-corrected chi connectivity index (χ4v) is 4.76. The van der Waals surface area contributed by atoms with Gasteiger partial charge in [-0.1, -0.05) is 37.3 Å². The molecule has 0 N–H and O–H groups in total. The van der Waals surface area contributed by atoms with Gasteiger partial charge in [0.1, 0.15) is 10.8 Å². The van der Waals surface area contributed by atoms with Crippen LogP contribution in [0.2, 0.25) is 0 Å². The average molecular weight is 424 g/mol. The van der Waals surface area contributed by atoms with Crippen LogP contribution in [0.1, 0.15) is 29.8 Å². The predicted octanol–water partition coefficient (Wildman–Crippen LogP) is 4.79. The zero-order valence-corrected chi connectivity index (χ0v) is 17.9. The highest BCUT2D eigenvalue weighted by Crippen LogP contribution is 2.25. The second-order valence-corrected chi connectivity index (χ2v) is 8.55. The number of hydrogen-bond donors (Lipinski definition) is 0. The highest BCUT2D eigenvalue weighted by Gasteiger charge is 2.27. The van der Waals surface area contributed by atoms with Gasteiger partial charge in [-0.25, -0.2) is 9.37 Å². The molecule has 4 rings (SSSR count). The third kappa shape index (κ3) is 4.77. The van der Waals surface area contributed by atoms with Crippen molar-refractivity contribution < 1.29 is 9.18 Å². The van der Waals surface area contributed by atoms with Crippen LogP contribution in [-0.4, -0.2) is 46.9 Å². The summed E-state index contributed by atoms with van der Waals surface area (Å²) in [5.74, 6) is -0.0645. The van der Waals surface area contributed by atoms with Gasteiger partial charge in [-0.15, -0.1) is 11.3 Å². The van der Waals surface area contributed by atoms with Gasteiger partial charge in [-0.05, 0) is 36.2 Å². The Hall–Kier alpha value is -2.57. The molecular formula is C24H26FN3OS. The number of aromatic nitrogens is 1. The standard InChI is InChI=1S/C24H26FN3OS/c1-2-21(18-6-4-3-5-7-18)24(29)28-14-12-27(13-15-28)16-23-26-22(17-30-23)19-8-10-20(25)11-9-19/h3-11,17,21H,2,12-16H2,1H3. The van der Waals surface area contributed by atoms with E-state index in [1.165, 1.54) is 12.1 Å². The van der Waals surface area contributed by atoms with Gasteiger partial charge in [0.25, 0.3) is 0 Å². The fourth-order valence-electron chi connectivity index (χ4n) is 3.91. The van der Waals surface area contributed by atoms with Crippen LogP contribution in [0.4, 0.5) is 4.39 Å². The first-order valence-electron chi connectivity index (χ1n) is 10.4. The Labute approximate surface area is 181 Å². The van der Waals surface area contributed by atoms with E-state index in [1.54, 1.807) is 23.5 Å². The smallest absolute Gasteiger partial charge is 0.230 e. The Bertz CT molecular complexity index is 966. The number of thiazole rings is 1. The summed E-state index contributed by atoms with van der Waals surface area (Å²) in [5.41, 5.74) is 2.92. The van der Waals surface area contributed by atoms with Crippen LogP contribution in [-0.2, 0) is 11.3 Å². The largest absolute Gasteiger partial charge is 0.340 e. The molecule has 1 amide bonds. The first-order chi connectivity index (χ1) is 14.6. The van der Waals surface area contributed by atoms with Gasteiger partial charge in [0.15, 0.2) is 0 Å². The van der Waals surface area contributed by atoms with E-state index in [0.717, 1.165) is 61.0 Å². The Kier molecular flexibility index (Phi) is 6.55. The third-order valence-electron chi connectivity index (χ3n) is 5.64. The number of hydrogen-bond acceptors (Lipinski definition) is 4. The van der Waals surface area contributed by atoms with E-state index in [2.05, 4.69) is 11.8 Å². The topological polar surface area (TPSA) is 36.4 Å². The normalized spacial score (nSPS) is 15.9. The molecule has 1 fully saturated rings. The lowest BCUT2D eigenvalue weighted by molar-refractivity contribution is -0.134. The fraction of sp³-hybridized carbons (Fsp3) is 0.333. The van der Waals surface area contributed by atoms with Gasteiger partial charge in [-0.2, -0.15) is 0 Å². The minimum Gasteiger partial charge on any atom is -0.340 e. The van der Waals surface area contributed by atoms with E-state index < -0.39 is 0 Å². The number of carbonyl (C=O) groups is 1. The molecule has 4 nitrogen and oxygen atoms in total. The van der Waals surface area contributed by atoms with Crippen molar-refractivity contribution in [2.24, 2.45) is 0 Å². The molecule has 1 saturated heterocycles. The van der Waals surface area contributed by atoms with E-state index in [-0.39, 0.29) is 17.6 Å². The van der Waals surface area contributed by atoms with Gasteiger partial charge in [0.2, 0.25) is 5.91 Å². The zero-order valence-electron chi connectivity index (χ0n) is 17.1. The van der Waals surface area contributed by atoms with E-state index >= 15 is 0 Å². The molecular weight excluding hydrogens is 397 g/mol. The molecule has 0 radical (unpaired) electrons. The van der Waals surface area contributed by atoms with E-state index in [9.17, 15) is 9.18 Å². The maximum atomic E-state index is 13.1. The molecule has 30 heavy (non-hydrogen) atoms. The summed E-state index contributed by atoms with van der Waals surface area (Å²) in [6.07, 6.45) is 0.814. The molecule has 0 saturated carbocycles. The lowest BCUT2D eigenvalue weighted by Crippen LogP contribution is -2.49. The van der Waals surface area contributed by atoms with Gasteiger partial charge in [0, 0.05) is 37.1 Å². The summed E-state index contributed by atoms with van der Waals surface area (Å²) in [6.45, 7) is 6.05. The second-order valence-electron chi connectivity index (χ2n) is 7.61. The first-order valence-corrected chi connectivity index (χ1v) is 11.3. The molecule has 1 aliphatic heterocycles. The Morgan fingerprint density at radius 2 is 1.77 bits per heavy atom. The number of piperazine rings is 1. The summed E-state index contributed by atoms with van der Waals surface area (Å²) in [6, 6.07) is 16.5. The quantitative estimate of drug-likeness (QED) is 0.572. The average Bonchev–Trinajstić information content (AvgIpc) is 3.24. The summed E-state index contributed by atoms with van der Waals surface area (Å²) in [4.78, 5) is 22.1. The molecule has 3 aromatic rings. The Morgan fingerprint density at radius 3 is 2.43 bits per heavy atom. The molecule has 1 atom stereocenters. The van der Waals surface area contributed by atoms with Crippen molar-refractivity contribution in [1.29, 1.82) is 0 Å². The molecule has 156 valence electrons. The van der Waals surface area contributed by atoms with Crippen molar-refractivity contribution >= 4 is 17.2 Å². The maximum absolute atomic E-state index is 13.1. The lowest BCUT2D eigenvalue weighted by Gasteiger charge is -2.36. The van der Waals surface area contributed by atoms with Crippen molar-refractivity contribution in [3.63, 3.8) is 0 Å². The highest BCUT2D eigenvalue weighted by atomic mass is 32.1. The predicted molar refractivity (Wildman–Crippen MR) is 119 cm³/mol. The van der Waals surface area contributed by atoms with Crippen LogP contribution in [0, 0.1) is 5.82 Å². The van der Waals surface area contributed by atoms with Crippen LogP contribution < -0.4 is 0 Å². The molecule has 6 heteroatoms. The number of halogens is 1. The molecule has 2 aromatic carbocycles. The van der Waals surface area contributed by atoms with E-state index in [0.29, 0.717) is 0 Å². The molecule has 1 unspecified atom stereocenters. The summed E-state index contributed by atoms with van der Waals surface area (Å²) < 4.78 is 13.1. The van der Waals surface area contributed by atoms with Crippen molar-refractivity contribution in [3.05, 3.63) is 76.4 Å². The number of amides is 1. The Morgan fingerprint density at radius 1 is 1.07 bits per heavy atom. The monoisotopic (exact) mass is 423 g/mol. The highest BCUT2D eigenvalue weighted by molar-refractivity contribution is 7.09. The number of rotatable bonds is 6. The Balaban J connectivity index is 1.32. The summed E-state index contributed by atoms with van der Waals surface area (Å²) in [5, 5.41) is 3.07. The van der Waals surface area contributed by atoms with Crippen molar-refractivity contribution in [2.75, 3.05) is 26.2 Å². The van der Waals surface area contributed by atoms with Gasteiger partial charge in [0.05, 0.1) is 18.2 Å². The lowest BCUT2D eigenvalue weighted by atomic mass is 9.95. The zero-order chi connectivity index (χ0) is 20.9. The maximum Gasteiger partial charge on any atom is 0.230 e. The van der Waals surface area contributed by atoms with Crippen LogP contribution in [0.3, 0.4) is 0 Å². The van der Waals surface area contributed by atoms with Crippen molar-refractivity contribution in [3.8, 4) is 11.3 Å². The third-order valence-corrected chi connectivity index (χ3v) is 6.48. The van der Waals surface area contributed by atoms with E-state index in [4.69, 9.17) is 4.98 Å². The van der Waals surface area contributed by atoms with Crippen LogP contribution >= 0.6 is 11.3 Å². The molecule has 1 aromatic heterocycles.